The maximum Gasteiger partial charge on any atom is 0.267 e. The van der Waals surface area contributed by atoms with Crippen molar-refractivity contribution < 1.29 is 9.18 Å². The predicted molar refractivity (Wildman–Crippen MR) is 95.0 cm³/mol. The zero-order valence-corrected chi connectivity index (χ0v) is 13.8. The van der Waals surface area contributed by atoms with Crippen LogP contribution in [-0.2, 0) is 13.1 Å². The van der Waals surface area contributed by atoms with Crippen molar-refractivity contribution in [3.63, 3.8) is 0 Å². The minimum Gasteiger partial charge on any atom is -0.351 e. The maximum atomic E-state index is 13.2. The number of hydrogen-bond donors (Lipinski definition) is 2. The van der Waals surface area contributed by atoms with Crippen LogP contribution < -0.4 is 5.32 Å². The Balaban J connectivity index is 1.38. The first-order chi connectivity index (χ1) is 12.7. The van der Waals surface area contributed by atoms with E-state index in [0.717, 1.165) is 16.6 Å². The summed E-state index contributed by atoms with van der Waals surface area (Å²) in [4.78, 5) is 19.2. The Morgan fingerprint density at radius 2 is 1.92 bits per heavy atom. The topological polar surface area (TPSA) is 75.6 Å². The van der Waals surface area contributed by atoms with Gasteiger partial charge in [0.2, 0.25) is 0 Å². The Hall–Kier alpha value is -3.48. The number of nitrogens with zero attached hydrogens (tertiary/aromatic N) is 3. The van der Waals surface area contributed by atoms with Crippen molar-refractivity contribution in [3.8, 4) is 0 Å². The van der Waals surface area contributed by atoms with Gasteiger partial charge in [-0.3, -0.25) is 4.79 Å². The Kier molecular flexibility index (Phi) is 4.18. The highest BCUT2D eigenvalue weighted by Crippen LogP contribution is 2.16. The van der Waals surface area contributed by atoms with E-state index in [4.69, 9.17) is 0 Å². The molecule has 0 bridgehead atoms. The molecule has 0 saturated heterocycles. The van der Waals surface area contributed by atoms with Gasteiger partial charge >= 0.3 is 0 Å². The fourth-order valence-electron chi connectivity index (χ4n) is 2.77. The second-order valence-corrected chi connectivity index (χ2v) is 6.01. The molecular weight excluding hydrogens is 333 g/mol. The molecule has 0 saturated carbocycles. The number of amides is 1. The lowest BCUT2D eigenvalue weighted by atomic mass is 10.1. The Bertz CT molecular complexity index is 1040. The van der Waals surface area contributed by atoms with Crippen molar-refractivity contribution in [3.05, 3.63) is 83.8 Å². The number of hydrogen-bond acceptors (Lipinski definition) is 3. The Morgan fingerprint density at radius 1 is 1.12 bits per heavy atom. The number of aromatic amines is 1. The molecule has 0 aliphatic carbocycles. The largest absolute Gasteiger partial charge is 0.351 e. The van der Waals surface area contributed by atoms with E-state index in [1.54, 1.807) is 23.1 Å². The highest BCUT2D eigenvalue weighted by Gasteiger charge is 2.09. The van der Waals surface area contributed by atoms with Crippen LogP contribution in [0.5, 0.6) is 0 Å². The quantitative estimate of drug-likeness (QED) is 0.582. The van der Waals surface area contributed by atoms with Crippen LogP contribution in [0.4, 0.5) is 4.39 Å². The monoisotopic (exact) mass is 349 g/mol. The Labute approximate surface area is 148 Å². The highest BCUT2D eigenvalue weighted by molar-refractivity contribution is 5.97. The SMILES string of the molecule is O=C(NCc1ccc(Cn2cncn2)cc1)c1cc2cc(F)ccc2[nH]1. The summed E-state index contributed by atoms with van der Waals surface area (Å²) in [6, 6.07) is 14.0. The minimum atomic E-state index is -0.325. The van der Waals surface area contributed by atoms with Gasteiger partial charge in [-0.05, 0) is 35.4 Å². The van der Waals surface area contributed by atoms with Gasteiger partial charge in [0.1, 0.15) is 24.2 Å². The second kappa shape index (κ2) is 6.79. The van der Waals surface area contributed by atoms with E-state index in [2.05, 4.69) is 20.4 Å². The van der Waals surface area contributed by atoms with Crippen molar-refractivity contribution in [2.45, 2.75) is 13.1 Å². The number of halogens is 1. The number of benzene rings is 2. The molecule has 2 N–H and O–H groups in total. The summed E-state index contributed by atoms with van der Waals surface area (Å²) in [7, 11) is 0. The normalized spacial score (nSPS) is 11.0. The van der Waals surface area contributed by atoms with E-state index in [9.17, 15) is 9.18 Å². The highest BCUT2D eigenvalue weighted by atomic mass is 19.1. The summed E-state index contributed by atoms with van der Waals surface area (Å²) in [6.45, 7) is 1.06. The van der Waals surface area contributed by atoms with Crippen LogP contribution in [0.3, 0.4) is 0 Å². The fraction of sp³-hybridized carbons (Fsp3) is 0.105. The molecule has 2 heterocycles. The summed E-state index contributed by atoms with van der Waals surface area (Å²) < 4.78 is 15.0. The van der Waals surface area contributed by atoms with Crippen molar-refractivity contribution in [2.24, 2.45) is 0 Å². The third-order valence-corrected chi connectivity index (χ3v) is 4.11. The standard InChI is InChI=1S/C19H16FN5O/c20-16-5-6-17-15(7-16)8-18(24-17)19(26)22-9-13-1-3-14(4-2-13)10-25-12-21-11-23-25/h1-8,11-12,24H,9-10H2,(H,22,26). The third-order valence-electron chi connectivity index (χ3n) is 4.11. The minimum absolute atomic E-state index is 0.228. The lowest BCUT2D eigenvalue weighted by Crippen LogP contribution is -2.23. The van der Waals surface area contributed by atoms with Crippen LogP contribution in [0.2, 0.25) is 0 Å². The number of fused-ring (bicyclic) bond motifs is 1. The molecule has 0 aliphatic heterocycles. The molecule has 0 aliphatic rings. The van der Waals surface area contributed by atoms with Crippen molar-refractivity contribution in [1.29, 1.82) is 0 Å². The number of aromatic nitrogens is 4. The van der Waals surface area contributed by atoms with Crippen molar-refractivity contribution in [2.75, 3.05) is 0 Å². The number of carbonyl (C=O) groups is 1. The number of nitrogens with one attached hydrogen (secondary N) is 2. The molecule has 1 amide bonds. The summed E-state index contributed by atoms with van der Waals surface area (Å²) in [5.74, 6) is -0.553. The molecule has 0 radical (unpaired) electrons. The third kappa shape index (κ3) is 3.46. The Morgan fingerprint density at radius 3 is 2.69 bits per heavy atom. The van der Waals surface area contributed by atoms with Gasteiger partial charge < -0.3 is 10.3 Å². The molecule has 0 fully saturated rings. The van der Waals surface area contributed by atoms with Crippen molar-refractivity contribution >= 4 is 16.8 Å². The van der Waals surface area contributed by atoms with Gasteiger partial charge in [0.25, 0.3) is 5.91 Å². The fourth-order valence-corrected chi connectivity index (χ4v) is 2.77. The molecule has 6 nitrogen and oxygen atoms in total. The molecule has 0 unspecified atom stereocenters. The van der Waals surface area contributed by atoms with Gasteiger partial charge in [0, 0.05) is 17.4 Å². The van der Waals surface area contributed by atoms with E-state index in [-0.39, 0.29) is 11.7 Å². The first-order valence-electron chi connectivity index (χ1n) is 8.14. The summed E-state index contributed by atoms with van der Waals surface area (Å²) in [5, 5.41) is 7.61. The smallest absolute Gasteiger partial charge is 0.267 e. The van der Waals surface area contributed by atoms with Crippen LogP contribution >= 0.6 is 0 Å². The van der Waals surface area contributed by atoms with E-state index in [1.165, 1.54) is 18.5 Å². The summed E-state index contributed by atoms with van der Waals surface area (Å²) >= 11 is 0. The van der Waals surface area contributed by atoms with Gasteiger partial charge in [-0.15, -0.1) is 0 Å². The molecule has 26 heavy (non-hydrogen) atoms. The number of rotatable bonds is 5. The molecule has 0 atom stereocenters. The number of H-pyrrole nitrogens is 1. The second-order valence-electron chi connectivity index (χ2n) is 6.01. The summed E-state index contributed by atoms with van der Waals surface area (Å²) in [6.07, 6.45) is 3.17. The molecule has 4 rings (SSSR count). The molecule has 130 valence electrons. The van der Waals surface area contributed by atoms with E-state index < -0.39 is 0 Å². The molecule has 2 aromatic carbocycles. The lowest BCUT2D eigenvalue weighted by Gasteiger charge is -2.06. The van der Waals surface area contributed by atoms with Gasteiger partial charge in [0.05, 0.1) is 6.54 Å². The number of carbonyl (C=O) groups excluding carboxylic acids is 1. The van der Waals surface area contributed by atoms with E-state index in [0.29, 0.717) is 24.2 Å². The van der Waals surface area contributed by atoms with Gasteiger partial charge in [-0.2, -0.15) is 5.10 Å². The average molecular weight is 349 g/mol. The molecule has 0 spiro atoms. The molecule has 4 aromatic rings. The predicted octanol–water partition coefficient (Wildman–Crippen LogP) is 2.88. The average Bonchev–Trinajstić information content (AvgIpc) is 3.30. The van der Waals surface area contributed by atoms with Gasteiger partial charge in [-0.25, -0.2) is 14.1 Å². The van der Waals surface area contributed by atoms with Crippen LogP contribution in [0.25, 0.3) is 10.9 Å². The van der Waals surface area contributed by atoms with Gasteiger partial charge in [-0.1, -0.05) is 24.3 Å². The van der Waals surface area contributed by atoms with Crippen molar-refractivity contribution in [1.82, 2.24) is 25.1 Å². The van der Waals surface area contributed by atoms with E-state index >= 15 is 0 Å². The molecular formula is C19H16FN5O. The van der Waals surface area contributed by atoms with E-state index in [1.807, 2.05) is 24.3 Å². The van der Waals surface area contributed by atoms with Crippen LogP contribution in [0.1, 0.15) is 21.6 Å². The van der Waals surface area contributed by atoms with Crippen LogP contribution in [-0.4, -0.2) is 25.7 Å². The molecule has 7 heteroatoms. The first-order valence-corrected chi connectivity index (χ1v) is 8.14. The van der Waals surface area contributed by atoms with Crippen LogP contribution in [0.15, 0.2) is 61.2 Å². The lowest BCUT2D eigenvalue weighted by molar-refractivity contribution is 0.0946. The zero-order chi connectivity index (χ0) is 17.9. The zero-order valence-electron chi connectivity index (χ0n) is 13.8. The van der Waals surface area contributed by atoms with Gasteiger partial charge in [0.15, 0.2) is 0 Å². The summed E-state index contributed by atoms with van der Waals surface area (Å²) in [5.41, 5.74) is 3.23. The first kappa shape index (κ1) is 16.0. The maximum absolute atomic E-state index is 13.2. The van der Waals surface area contributed by atoms with Crippen LogP contribution in [0, 0.1) is 5.82 Å². The molecule has 2 aromatic heterocycles.